The van der Waals surface area contributed by atoms with Gasteiger partial charge in [0.15, 0.2) is 0 Å². The molecule has 2 saturated heterocycles. The number of nitrogens with zero attached hydrogens (tertiary/aromatic N) is 2. The Hall–Kier alpha value is -0.0800. The molecule has 0 N–H and O–H groups in total. The first-order chi connectivity index (χ1) is 9.29. The standard InChI is InChI=1S/C11H22N2.3C2H6/c1-3-12-6-4-11(5-7-12)13-8-10(2)9-13;3*1-2/h10-11H,3-9H2,1-2H3;3*1-2H3. The van der Waals surface area contributed by atoms with Gasteiger partial charge in [0, 0.05) is 19.1 Å². The Morgan fingerprint density at radius 2 is 1.26 bits per heavy atom. The van der Waals surface area contributed by atoms with Crippen LogP contribution in [-0.4, -0.2) is 48.6 Å². The number of likely N-dealkylation sites (tertiary alicyclic amines) is 2. The third-order valence-electron chi connectivity index (χ3n) is 3.61. The highest BCUT2D eigenvalue weighted by molar-refractivity contribution is 4.86. The van der Waals surface area contributed by atoms with Gasteiger partial charge in [-0.25, -0.2) is 0 Å². The molecule has 2 heteroatoms. The SMILES string of the molecule is CC.CC.CC.CCN1CCC(N2CC(C)C2)CC1. The average Bonchev–Trinajstić information content (AvgIpc) is 2.50. The molecular formula is C17H40N2. The summed E-state index contributed by atoms with van der Waals surface area (Å²) in [5, 5.41) is 0. The summed E-state index contributed by atoms with van der Waals surface area (Å²) < 4.78 is 0. The van der Waals surface area contributed by atoms with Crippen LogP contribution in [0.2, 0.25) is 0 Å². The molecule has 0 amide bonds. The second-order valence-electron chi connectivity index (χ2n) is 4.72. The summed E-state index contributed by atoms with van der Waals surface area (Å²) >= 11 is 0. The van der Waals surface area contributed by atoms with E-state index >= 15 is 0 Å². The zero-order valence-corrected chi connectivity index (χ0v) is 15.0. The molecule has 2 rings (SSSR count). The van der Waals surface area contributed by atoms with E-state index in [0.29, 0.717) is 0 Å². The Kier molecular flexibility index (Phi) is 16.0. The predicted molar refractivity (Wildman–Crippen MR) is 89.9 cm³/mol. The van der Waals surface area contributed by atoms with Crippen LogP contribution in [0.3, 0.4) is 0 Å². The molecule has 0 aromatic carbocycles. The zero-order chi connectivity index (χ0) is 15.3. The fourth-order valence-corrected chi connectivity index (χ4v) is 2.65. The van der Waals surface area contributed by atoms with Gasteiger partial charge in [-0.2, -0.15) is 0 Å². The summed E-state index contributed by atoms with van der Waals surface area (Å²) in [6, 6.07) is 0.916. The van der Waals surface area contributed by atoms with E-state index in [0.717, 1.165) is 12.0 Å². The van der Waals surface area contributed by atoms with Crippen LogP contribution in [0.25, 0.3) is 0 Å². The maximum Gasteiger partial charge on any atom is 0.0120 e. The first kappa shape index (κ1) is 21.2. The van der Waals surface area contributed by atoms with E-state index in [4.69, 9.17) is 0 Å². The first-order valence-corrected chi connectivity index (χ1v) is 8.76. The number of hydrogen-bond acceptors (Lipinski definition) is 2. The van der Waals surface area contributed by atoms with Crippen molar-refractivity contribution in [2.75, 3.05) is 32.7 Å². The second kappa shape index (κ2) is 14.3. The van der Waals surface area contributed by atoms with Gasteiger partial charge >= 0.3 is 0 Å². The van der Waals surface area contributed by atoms with E-state index in [9.17, 15) is 0 Å². The molecule has 2 heterocycles. The highest BCUT2D eigenvalue weighted by atomic mass is 15.2. The van der Waals surface area contributed by atoms with E-state index in [1.807, 2.05) is 41.5 Å². The maximum atomic E-state index is 2.68. The van der Waals surface area contributed by atoms with Crippen molar-refractivity contribution in [3.63, 3.8) is 0 Å². The van der Waals surface area contributed by atoms with Crippen molar-refractivity contribution >= 4 is 0 Å². The second-order valence-corrected chi connectivity index (χ2v) is 4.72. The fourth-order valence-electron chi connectivity index (χ4n) is 2.65. The normalized spacial score (nSPS) is 20.8. The Morgan fingerprint density at radius 1 is 0.842 bits per heavy atom. The molecule has 19 heavy (non-hydrogen) atoms. The molecule has 2 fully saturated rings. The van der Waals surface area contributed by atoms with Crippen LogP contribution in [0, 0.1) is 5.92 Å². The van der Waals surface area contributed by atoms with Crippen LogP contribution in [0.4, 0.5) is 0 Å². The summed E-state index contributed by atoms with van der Waals surface area (Å²) in [5.41, 5.74) is 0. The number of piperidine rings is 1. The minimum Gasteiger partial charge on any atom is -0.303 e. The third kappa shape index (κ3) is 7.94. The highest BCUT2D eigenvalue weighted by Gasteiger charge is 2.31. The van der Waals surface area contributed by atoms with Crippen molar-refractivity contribution in [1.29, 1.82) is 0 Å². The smallest absolute Gasteiger partial charge is 0.0120 e. The lowest BCUT2D eigenvalue weighted by Gasteiger charge is -2.46. The lowest BCUT2D eigenvalue weighted by molar-refractivity contribution is 0.0275. The van der Waals surface area contributed by atoms with Crippen molar-refractivity contribution in [2.45, 2.75) is 74.3 Å². The minimum atomic E-state index is 0.916. The van der Waals surface area contributed by atoms with Crippen molar-refractivity contribution in [2.24, 2.45) is 5.92 Å². The number of rotatable bonds is 2. The molecule has 2 aliphatic heterocycles. The zero-order valence-electron chi connectivity index (χ0n) is 15.0. The molecule has 0 bridgehead atoms. The molecule has 0 saturated carbocycles. The van der Waals surface area contributed by atoms with Crippen molar-refractivity contribution in [1.82, 2.24) is 9.80 Å². The lowest BCUT2D eigenvalue weighted by Crippen LogP contribution is -2.54. The maximum absolute atomic E-state index is 2.68. The van der Waals surface area contributed by atoms with Gasteiger partial charge in [-0.15, -0.1) is 0 Å². The molecule has 2 aliphatic rings. The molecule has 0 aromatic heterocycles. The van der Waals surface area contributed by atoms with Crippen LogP contribution in [0.1, 0.15) is 68.2 Å². The quantitative estimate of drug-likeness (QED) is 0.730. The van der Waals surface area contributed by atoms with Crippen molar-refractivity contribution in [3.8, 4) is 0 Å². The fraction of sp³-hybridized carbons (Fsp3) is 1.00. The molecule has 0 atom stereocenters. The first-order valence-electron chi connectivity index (χ1n) is 8.76. The summed E-state index contributed by atoms with van der Waals surface area (Å²) in [6.07, 6.45) is 2.81. The van der Waals surface area contributed by atoms with E-state index in [2.05, 4.69) is 23.6 Å². The van der Waals surface area contributed by atoms with Gasteiger partial charge in [0.25, 0.3) is 0 Å². The molecule has 118 valence electrons. The molecule has 0 spiro atoms. The van der Waals surface area contributed by atoms with Gasteiger partial charge in [0.2, 0.25) is 0 Å². The monoisotopic (exact) mass is 272 g/mol. The third-order valence-corrected chi connectivity index (χ3v) is 3.61. The Labute approximate surface area is 123 Å². The van der Waals surface area contributed by atoms with Crippen LogP contribution in [-0.2, 0) is 0 Å². The molecule has 2 nitrogen and oxygen atoms in total. The van der Waals surface area contributed by atoms with Gasteiger partial charge in [-0.1, -0.05) is 55.4 Å². The minimum absolute atomic E-state index is 0.916. The van der Waals surface area contributed by atoms with Crippen molar-refractivity contribution < 1.29 is 0 Å². The Balaban J connectivity index is 0. The summed E-state index contributed by atoms with van der Waals surface area (Å²) in [5.74, 6) is 0.962. The molecule has 0 unspecified atom stereocenters. The summed E-state index contributed by atoms with van der Waals surface area (Å²) in [6.45, 7) is 23.2. The molecule has 0 aromatic rings. The van der Waals surface area contributed by atoms with Gasteiger partial charge < -0.3 is 4.90 Å². The lowest BCUT2D eigenvalue weighted by atomic mass is 9.94. The average molecular weight is 273 g/mol. The molecule has 0 aliphatic carbocycles. The van der Waals surface area contributed by atoms with Crippen LogP contribution in [0.15, 0.2) is 0 Å². The predicted octanol–water partition coefficient (Wildman–Crippen LogP) is 4.50. The van der Waals surface area contributed by atoms with Crippen molar-refractivity contribution in [3.05, 3.63) is 0 Å². The van der Waals surface area contributed by atoms with E-state index in [1.54, 1.807) is 0 Å². The van der Waals surface area contributed by atoms with Crippen LogP contribution >= 0.6 is 0 Å². The van der Waals surface area contributed by atoms with Gasteiger partial charge in [-0.3, -0.25) is 4.90 Å². The Morgan fingerprint density at radius 3 is 1.58 bits per heavy atom. The van der Waals surface area contributed by atoms with Gasteiger partial charge in [0.1, 0.15) is 0 Å². The molecular weight excluding hydrogens is 232 g/mol. The van der Waals surface area contributed by atoms with E-state index in [1.165, 1.54) is 45.6 Å². The largest absolute Gasteiger partial charge is 0.303 e. The van der Waals surface area contributed by atoms with Gasteiger partial charge in [0.05, 0.1) is 0 Å². The van der Waals surface area contributed by atoms with E-state index in [-0.39, 0.29) is 0 Å². The van der Waals surface area contributed by atoms with E-state index < -0.39 is 0 Å². The number of hydrogen-bond donors (Lipinski definition) is 0. The highest BCUT2D eigenvalue weighted by Crippen LogP contribution is 2.24. The topological polar surface area (TPSA) is 6.48 Å². The van der Waals surface area contributed by atoms with Crippen LogP contribution < -0.4 is 0 Å². The Bertz CT molecular complexity index is 157. The van der Waals surface area contributed by atoms with Crippen LogP contribution in [0.5, 0.6) is 0 Å². The van der Waals surface area contributed by atoms with Gasteiger partial charge in [-0.05, 0) is 38.4 Å². The molecule has 0 radical (unpaired) electrons. The summed E-state index contributed by atoms with van der Waals surface area (Å²) in [7, 11) is 0. The summed E-state index contributed by atoms with van der Waals surface area (Å²) in [4.78, 5) is 5.25.